The molecule has 0 aliphatic heterocycles. The molecule has 1 rings (SSSR count). The number of methoxy groups -OCH3 is 1. The molecule has 0 fully saturated rings. The minimum Gasteiger partial charge on any atom is -0.385 e. The predicted molar refractivity (Wildman–Crippen MR) is 65.7 cm³/mol. The Morgan fingerprint density at radius 3 is 2.94 bits per heavy atom. The van der Waals surface area contributed by atoms with Gasteiger partial charge in [-0.25, -0.2) is 0 Å². The van der Waals surface area contributed by atoms with Crippen molar-refractivity contribution in [2.24, 2.45) is 12.8 Å². The first-order valence-electron chi connectivity index (χ1n) is 5.60. The van der Waals surface area contributed by atoms with E-state index in [1.807, 2.05) is 14.0 Å². The number of nitrogens with one attached hydrogen (secondary N) is 1. The number of amides is 1. The largest absolute Gasteiger partial charge is 0.385 e. The van der Waals surface area contributed by atoms with E-state index in [-0.39, 0.29) is 5.91 Å². The van der Waals surface area contributed by atoms with Gasteiger partial charge in [-0.2, -0.15) is 5.10 Å². The third kappa shape index (κ3) is 4.16. The molecule has 1 heterocycles. The molecule has 1 aromatic rings. The van der Waals surface area contributed by atoms with Crippen LogP contribution < -0.4 is 11.1 Å². The quantitative estimate of drug-likeness (QED) is 0.706. The summed E-state index contributed by atoms with van der Waals surface area (Å²) in [5, 5.41) is 6.83. The molecule has 96 valence electrons. The van der Waals surface area contributed by atoms with E-state index in [4.69, 9.17) is 10.5 Å². The molecule has 1 amide bonds. The average molecular weight is 240 g/mol. The first-order valence-corrected chi connectivity index (χ1v) is 5.60. The van der Waals surface area contributed by atoms with Gasteiger partial charge >= 0.3 is 0 Å². The van der Waals surface area contributed by atoms with Gasteiger partial charge in [0.1, 0.15) is 0 Å². The fraction of sp³-hybridized carbons (Fsp3) is 0.636. The Morgan fingerprint density at radius 2 is 2.41 bits per heavy atom. The first-order chi connectivity index (χ1) is 8.04. The molecule has 0 spiro atoms. The Hall–Kier alpha value is -1.40. The highest BCUT2D eigenvalue weighted by atomic mass is 16.5. The Morgan fingerprint density at radius 1 is 1.71 bits per heavy atom. The number of carbonyl (C=O) groups excluding carboxylic acids is 1. The van der Waals surface area contributed by atoms with Crippen molar-refractivity contribution in [2.75, 3.05) is 19.0 Å². The minimum atomic E-state index is -0.521. The molecule has 0 radical (unpaired) electrons. The van der Waals surface area contributed by atoms with E-state index in [2.05, 4.69) is 10.4 Å². The number of rotatable bonds is 6. The zero-order chi connectivity index (χ0) is 12.8. The summed E-state index contributed by atoms with van der Waals surface area (Å²) in [5.74, 6) is 0.330. The number of hydrogen-bond donors (Lipinski definition) is 2. The minimum absolute atomic E-state index is 0.209. The van der Waals surface area contributed by atoms with Crippen LogP contribution in [0.3, 0.4) is 0 Å². The molecule has 6 heteroatoms. The van der Waals surface area contributed by atoms with Crippen LogP contribution in [0.25, 0.3) is 0 Å². The Bertz CT molecular complexity index is 356. The number of hydrogen-bond acceptors (Lipinski definition) is 4. The van der Waals surface area contributed by atoms with Crippen LogP contribution in [0.15, 0.2) is 6.07 Å². The van der Waals surface area contributed by atoms with Gasteiger partial charge in [-0.15, -0.1) is 0 Å². The number of aryl methyl sites for hydroxylation is 2. The van der Waals surface area contributed by atoms with Crippen molar-refractivity contribution in [3.63, 3.8) is 0 Å². The van der Waals surface area contributed by atoms with E-state index in [0.29, 0.717) is 18.8 Å². The van der Waals surface area contributed by atoms with Crippen LogP contribution >= 0.6 is 0 Å². The molecule has 0 aromatic carbocycles. The van der Waals surface area contributed by atoms with Gasteiger partial charge in [0.2, 0.25) is 5.91 Å². The highest BCUT2D eigenvalue weighted by Gasteiger charge is 2.14. The van der Waals surface area contributed by atoms with Gasteiger partial charge in [0.05, 0.1) is 6.04 Å². The lowest BCUT2D eigenvalue weighted by Gasteiger charge is -2.10. The van der Waals surface area contributed by atoms with Crippen molar-refractivity contribution in [1.82, 2.24) is 9.78 Å². The van der Waals surface area contributed by atoms with Gasteiger partial charge < -0.3 is 15.8 Å². The van der Waals surface area contributed by atoms with Crippen molar-refractivity contribution in [2.45, 2.75) is 25.8 Å². The maximum Gasteiger partial charge on any atom is 0.242 e. The fourth-order valence-corrected chi connectivity index (χ4v) is 1.42. The summed E-state index contributed by atoms with van der Waals surface area (Å²) in [4.78, 5) is 11.7. The fourth-order valence-electron chi connectivity index (χ4n) is 1.42. The summed E-state index contributed by atoms with van der Waals surface area (Å²) in [5.41, 5.74) is 6.73. The van der Waals surface area contributed by atoms with Crippen molar-refractivity contribution < 1.29 is 9.53 Å². The van der Waals surface area contributed by atoms with Crippen LogP contribution in [0.4, 0.5) is 5.82 Å². The topological polar surface area (TPSA) is 82.2 Å². The Balaban J connectivity index is 2.42. The second-order valence-electron chi connectivity index (χ2n) is 4.03. The van der Waals surface area contributed by atoms with Gasteiger partial charge in [-0.05, 0) is 19.8 Å². The highest BCUT2D eigenvalue weighted by molar-refractivity contribution is 5.93. The van der Waals surface area contributed by atoms with Gasteiger partial charge in [0.25, 0.3) is 0 Å². The zero-order valence-corrected chi connectivity index (χ0v) is 10.6. The maximum atomic E-state index is 11.7. The van der Waals surface area contributed by atoms with Gasteiger partial charge in [0, 0.05) is 32.5 Å². The average Bonchev–Trinajstić information content (AvgIpc) is 2.58. The second kappa shape index (κ2) is 6.36. The number of anilines is 1. The smallest absolute Gasteiger partial charge is 0.242 e. The van der Waals surface area contributed by atoms with Crippen LogP contribution in [0.2, 0.25) is 0 Å². The van der Waals surface area contributed by atoms with E-state index in [1.54, 1.807) is 17.9 Å². The van der Waals surface area contributed by atoms with Crippen LogP contribution in [0.5, 0.6) is 0 Å². The first kappa shape index (κ1) is 13.7. The van der Waals surface area contributed by atoms with Crippen molar-refractivity contribution in [1.29, 1.82) is 0 Å². The summed E-state index contributed by atoms with van der Waals surface area (Å²) < 4.78 is 6.61. The third-order valence-electron chi connectivity index (χ3n) is 2.57. The van der Waals surface area contributed by atoms with Crippen molar-refractivity contribution in [3.8, 4) is 0 Å². The molecular weight excluding hydrogens is 220 g/mol. The lowest BCUT2D eigenvalue weighted by molar-refractivity contribution is -0.117. The number of nitrogens with two attached hydrogens (primary N) is 1. The van der Waals surface area contributed by atoms with Crippen LogP contribution in [-0.2, 0) is 16.6 Å². The monoisotopic (exact) mass is 240 g/mol. The molecule has 1 unspecified atom stereocenters. The highest BCUT2D eigenvalue weighted by Crippen LogP contribution is 2.07. The summed E-state index contributed by atoms with van der Waals surface area (Å²) in [6.07, 6.45) is 1.37. The zero-order valence-electron chi connectivity index (χ0n) is 10.6. The molecule has 6 nitrogen and oxygen atoms in total. The standard InChI is InChI=1S/C11H20N4O2/c1-8-7-10(14-15(8)2)13-11(16)9(12)5-4-6-17-3/h7,9H,4-6,12H2,1-3H3,(H,13,14,16). The SMILES string of the molecule is COCCCC(N)C(=O)Nc1cc(C)n(C)n1. The van der Waals surface area contributed by atoms with E-state index in [9.17, 15) is 4.79 Å². The summed E-state index contributed by atoms with van der Waals surface area (Å²) in [7, 11) is 3.45. The summed E-state index contributed by atoms with van der Waals surface area (Å²) in [6, 6.07) is 1.28. The number of nitrogens with zero attached hydrogens (tertiary/aromatic N) is 2. The molecule has 0 bridgehead atoms. The normalized spacial score (nSPS) is 12.5. The van der Waals surface area contributed by atoms with E-state index < -0.39 is 6.04 Å². The van der Waals surface area contributed by atoms with Gasteiger partial charge in [-0.1, -0.05) is 0 Å². The van der Waals surface area contributed by atoms with Gasteiger partial charge in [-0.3, -0.25) is 9.48 Å². The predicted octanol–water partition coefficient (Wildman–Crippen LogP) is 0.421. The summed E-state index contributed by atoms with van der Waals surface area (Å²) in [6.45, 7) is 2.53. The molecule has 1 atom stereocenters. The van der Waals surface area contributed by atoms with Gasteiger partial charge in [0.15, 0.2) is 5.82 Å². The van der Waals surface area contributed by atoms with E-state index in [0.717, 1.165) is 12.1 Å². The Kier molecular flexibility index (Phi) is 5.11. The molecule has 3 N–H and O–H groups in total. The molecular formula is C11H20N4O2. The molecule has 0 saturated carbocycles. The van der Waals surface area contributed by atoms with Crippen LogP contribution in [0.1, 0.15) is 18.5 Å². The third-order valence-corrected chi connectivity index (χ3v) is 2.57. The maximum absolute atomic E-state index is 11.7. The van der Waals surface area contributed by atoms with Crippen molar-refractivity contribution in [3.05, 3.63) is 11.8 Å². The van der Waals surface area contributed by atoms with Crippen LogP contribution in [-0.4, -0.2) is 35.4 Å². The van der Waals surface area contributed by atoms with E-state index >= 15 is 0 Å². The molecule has 0 aliphatic rings. The molecule has 1 aromatic heterocycles. The second-order valence-corrected chi connectivity index (χ2v) is 4.03. The molecule has 0 aliphatic carbocycles. The summed E-state index contributed by atoms with van der Waals surface area (Å²) >= 11 is 0. The van der Waals surface area contributed by atoms with E-state index in [1.165, 1.54) is 0 Å². The number of aromatic nitrogens is 2. The van der Waals surface area contributed by atoms with Crippen molar-refractivity contribution >= 4 is 11.7 Å². The number of ether oxygens (including phenoxy) is 1. The molecule has 17 heavy (non-hydrogen) atoms. The Labute approximate surface area is 101 Å². The van der Waals surface area contributed by atoms with Crippen LogP contribution in [0, 0.1) is 6.92 Å². The number of carbonyl (C=O) groups is 1. The lowest BCUT2D eigenvalue weighted by Crippen LogP contribution is -2.35. The lowest BCUT2D eigenvalue weighted by atomic mass is 10.1. The molecule has 0 saturated heterocycles.